The molecule has 3 N–H and O–H groups in total. The molecule has 0 saturated carbocycles. The van der Waals surface area contributed by atoms with Crippen LogP contribution in [0.15, 0.2) is 65.8 Å². The number of nitrogens with one attached hydrogen (secondary N) is 3. The van der Waals surface area contributed by atoms with Gasteiger partial charge in [-0.25, -0.2) is 4.98 Å². The van der Waals surface area contributed by atoms with E-state index in [2.05, 4.69) is 28.5 Å². The van der Waals surface area contributed by atoms with Crippen molar-refractivity contribution in [3.63, 3.8) is 0 Å². The molecule has 0 bridgehead atoms. The molecule has 0 unspecified atom stereocenters. The number of thiocarbonyl (C=S) groups is 1. The molecule has 3 rings (SSSR count). The van der Waals surface area contributed by atoms with Crippen LogP contribution in [0.2, 0.25) is 0 Å². The lowest BCUT2D eigenvalue weighted by Crippen LogP contribution is -2.39. The zero-order valence-electron chi connectivity index (χ0n) is 13.6. The standard InChI is InChI=1S/C18H16N4OS3/c23-14(21-22-18(24)25)11-26-17-19-15(12-7-3-1-4-8-12)16(20-17)13-9-5-2-6-10-13/h1-10H,11H2,(H,19,20)(H,21,23)(H2,22,24,25). The van der Waals surface area contributed by atoms with E-state index < -0.39 is 0 Å². The predicted octanol–water partition coefficient (Wildman–Crippen LogP) is 3.67. The molecule has 0 saturated heterocycles. The highest BCUT2D eigenvalue weighted by Gasteiger charge is 2.15. The number of thiol groups is 1. The maximum Gasteiger partial charge on any atom is 0.248 e. The number of nitrogens with zero attached hydrogens (tertiary/aromatic N) is 1. The quantitative estimate of drug-likeness (QED) is 0.228. The van der Waals surface area contributed by atoms with Crippen LogP contribution >= 0.6 is 36.6 Å². The van der Waals surface area contributed by atoms with E-state index in [1.165, 1.54) is 11.8 Å². The molecule has 0 aliphatic heterocycles. The van der Waals surface area contributed by atoms with Gasteiger partial charge in [0.15, 0.2) is 5.16 Å². The van der Waals surface area contributed by atoms with Crippen molar-refractivity contribution in [3.8, 4) is 22.5 Å². The van der Waals surface area contributed by atoms with Crippen LogP contribution in [-0.2, 0) is 4.79 Å². The van der Waals surface area contributed by atoms with Crippen molar-refractivity contribution in [3.05, 3.63) is 60.7 Å². The van der Waals surface area contributed by atoms with Gasteiger partial charge in [0.2, 0.25) is 5.91 Å². The highest BCUT2D eigenvalue weighted by Crippen LogP contribution is 2.32. The highest BCUT2D eigenvalue weighted by molar-refractivity contribution is 8.11. The van der Waals surface area contributed by atoms with Gasteiger partial charge in [0.05, 0.1) is 17.1 Å². The third kappa shape index (κ3) is 4.87. The van der Waals surface area contributed by atoms with Crippen molar-refractivity contribution in [1.82, 2.24) is 20.8 Å². The Morgan fingerprint density at radius 2 is 1.65 bits per heavy atom. The number of hydrogen-bond acceptors (Lipinski definition) is 4. The van der Waals surface area contributed by atoms with Crippen molar-refractivity contribution in [2.45, 2.75) is 5.16 Å². The third-order valence-electron chi connectivity index (χ3n) is 3.44. The van der Waals surface area contributed by atoms with Gasteiger partial charge in [-0.1, -0.05) is 84.6 Å². The van der Waals surface area contributed by atoms with Crippen LogP contribution < -0.4 is 10.9 Å². The normalized spacial score (nSPS) is 10.3. The van der Waals surface area contributed by atoms with E-state index in [9.17, 15) is 4.79 Å². The van der Waals surface area contributed by atoms with Crippen molar-refractivity contribution >= 4 is 46.8 Å². The molecule has 132 valence electrons. The molecule has 5 nitrogen and oxygen atoms in total. The Hall–Kier alpha value is -2.29. The molecule has 2 aromatic carbocycles. The first-order chi connectivity index (χ1) is 12.6. The summed E-state index contributed by atoms with van der Waals surface area (Å²) in [4.78, 5) is 19.8. The molecule has 8 heteroatoms. The fraction of sp³-hybridized carbons (Fsp3) is 0.0556. The summed E-state index contributed by atoms with van der Waals surface area (Å²) >= 11 is 9.94. The Bertz CT molecular complexity index is 840. The van der Waals surface area contributed by atoms with E-state index in [0.717, 1.165) is 22.5 Å². The van der Waals surface area contributed by atoms with Gasteiger partial charge in [-0.05, 0) is 0 Å². The summed E-state index contributed by atoms with van der Waals surface area (Å²) in [6.45, 7) is 0. The summed E-state index contributed by atoms with van der Waals surface area (Å²) in [5, 5.41) is 0.673. The van der Waals surface area contributed by atoms with E-state index >= 15 is 0 Å². The number of carbonyl (C=O) groups excluding carboxylic acids is 1. The smallest absolute Gasteiger partial charge is 0.248 e. The minimum Gasteiger partial charge on any atom is -0.332 e. The fourth-order valence-corrected chi connectivity index (χ4v) is 3.11. The molecule has 0 radical (unpaired) electrons. The summed E-state index contributed by atoms with van der Waals surface area (Å²) in [5.41, 5.74) is 8.81. The first-order valence-corrected chi connectivity index (χ1v) is 9.59. The number of hydrogen-bond donors (Lipinski definition) is 4. The van der Waals surface area contributed by atoms with Gasteiger partial charge in [0.1, 0.15) is 4.32 Å². The Morgan fingerprint density at radius 3 is 2.27 bits per heavy atom. The first kappa shape index (κ1) is 18.5. The monoisotopic (exact) mass is 400 g/mol. The molecule has 0 aliphatic rings. The second-order valence-electron chi connectivity index (χ2n) is 5.26. The summed E-state index contributed by atoms with van der Waals surface area (Å²) in [7, 11) is 0. The fourth-order valence-electron chi connectivity index (χ4n) is 2.33. The zero-order valence-corrected chi connectivity index (χ0v) is 16.1. The molecule has 3 aromatic rings. The summed E-state index contributed by atoms with van der Waals surface area (Å²) in [5.74, 6) is -0.0235. The van der Waals surface area contributed by atoms with Gasteiger partial charge < -0.3 is 4.98 Å². The number of carbonyl (C=O) groups is 1. The second kappa shape index (κ2) is 8.88. The number of amides is 1. The van der Waals surface area contributed by atoms with Crippen LogP contribution in [0.5, 0.6) is 0 Å². The van der Waals surface area contributed by atoms with Crippen LogP contribution in [0.25, 0.3) is 22.5 Å². The van der Waals surface area contributed by atoms with Gasteiger partial charge in [-0.15, -0.1) is 12.6 Å². The van der Waals surface area contributed by atoms with Crippen LogP contribution in [0.3, 0.4) is 0 Å². The lowest BCUT2D eigenvalue weighted by atomic mass is 10.1. The van der Waals surface area contributed by atoms with E-state index in [4.69, 9.17) is 17.2 Å². The number of aromatic nitrogens is 2. The van der Waals surface area contributed by atoms with Crippen molar-refractivity contribution < 1.29 is 4.79 Å². The molecule has 0 aliphatic carbocycles. The zero-order chi connectivity index (χ0) is 18.4. The second-order valence-corrected chi connectivity index (χ2v) is 7.39. The van der Waals surface area contributed by atoms with Gasteiger partial charge >= 0.3 is 0 Å². The maximum absolute atomic E-state index is 11.8. The number of aromatic amines is 1. The van der Waals surface area contributed by atoms with E-state index in [0.29, 0.717) is 5.16 Å². The average Bonchev–Trinajstić information content (AvgIpc) is 3.10. The van der Waals surface area contributed by atoms with Gasteiger partial charge in [-0.2, -0.15) is 0 Å². The minimum atomic E-state index is -0.217. The Kier molecular flexibility index (Phi) is 6.32. The van der Waals surface area contributed by atoms with Crippen molar-refractivity contribution in [1.29, 1.82) is 0 Å². The van der Waals surface area contributed by atoms with Crippen LogP contribution in [0.4, 0.5) is 0 Å². The van der Waals surface area contributed by atoms with Gasteiger partial charge in [-0.3, -0.25) is 15.6 Å². The van der Waals surface area contributed by atoms with E-state index in [1.807, 2.05) is 60.7 Å². The van der Waals surface area contributed by atoms with E-state index in [-0.39, 0.29) is 16.0 Å². The Balaban J connectivity index is 1.83. The number of H-pyrrole nitrogens is 1. The lowest BCUT2D eigenvalue weighted by molar-refractivity contribution is -0.119. The van der Waals surface area contributed by atoms with Crippen LogP contribution in [0, 0.1) is 0 Å². The number of imidazole rings is 1. The molecule has 0 spiro atoms. The van der Waals surface area contributed by atoms with Crippen molar-refractivity contribution in [2.24, 2.45) is 0 Å². The van der Waals surface area contributed by atoms with Gasteiger partial charge in [0, 0.05) is 11.1 Å². The average molecular weight is 401 g/mol. The molecule has 1 amide bonds. The molecule has 1 aromatic heterocycles. The molecule has 26 heavy (non-hydrogen) atoms. The summed E-state index contributed by atoms with van der Waals surface area (Å²) < 4.78 is 0.207. The Labute approximate surface area is 166 Å². The summed E-state index contributed by atoms with van der Waals surface area (Å²) in [6, 6.07) is 19.9. The maximum atomic E-state index is 11.8. The molecule has 0 fully saturated rings. The van der Waals surface area contributed by atoms with Crippen LogP contribution in [0.1, 0.15) is 0 Å². The number of benzene rings is 2. The number of rotatable bonds is 5. The lowest BCUT2D eigenvalue weighted by Gasteiger charge is -2.04. The topological polar surface area (TPSA) is 69.8 Å². The van der Waals surface area contributed by atoms with Gasteiger partial charge in [0.25, 0.3) is 0 Å². The molecular weight excluding hydrogens is 384 g/mol. The predicted molar refractivity (Wildman–Crippen MR) is 113 cm³/mol. The highest BCUT2D eigenvalue weighted by atomic mass is 32.2. The first-order valence-electron chi connectivity index (χ1n) is 7.75. The minimum absolute atomic E-state index is 0.194. The SMILES string of the molecule is O=C(CSc1nc(-c2ccccc2)c(-c2ccccc2)[nH]1)NNC(=S)S. The van der Waals surface area contributed by atoms with Crippen LogP contribution in [-0.4, -0.2) is 25.9 Å². The largest absolute Gasteiger partial charge is 0.332 e. The Morgan fingerprint density at radius 1 is 1.04 bits per heavy atom. The molecule has 1 heterocycles. The number of hydrazine groups is 1. The van der Waals surface area contributed by atoms with E-state index in [1.54, 1.807) is 0 Å². The number of thioether (sulfide) groups is 1. The molecule has 0 atom stereocenters. The van der Waals surface area contributed by atoms with Crippen molar-refractivity contribution in [2.75, 3.05) is 5.75 Å². The third-order valence-corrected chi connectivity index (χ3v) is 4.53. The molecular formula is C18H16N4OS3. The summed E-state index contributed by atoms with van der Waals surface area (Å²) in [6.07, 6.45) is 0.